The van der Waals surface area contributed by atoms with Crippen molar-refractivity contribution >= 4 is 5.91 Å². The number of aliphatic hydroxyl groups excluding tert-OH is 2. The van der Waals surface area contributed by atoms with Crippen molar-refractivity contribution in [1.29, 1.82) is 0 Å². The molecule has 4 heteroatoms. The van der Waals surface area contributed by atoms with E-state index < -0.39 is 12.1 Å². The topological polar surface area (TPSA) is 69.6 Å². The quantitative estimate of drug-likeness (QED) is 0.0557. The number of rotatable bonds is 42. The van der Waals surface area contributed by atoms with E-state index in [4.69, 9.17) is 0 Å². The minimum atomic E-state index is -0.651. The number of aliphatic hydroxyl groups is 2. The lowest BCUT2D eigenvalue weighted by atomic mass is 10.0. The first-order chi connectivity index (χ1) is 24.2. The Labute approximate surface area is 308 Å². The Morgan fingerprint density at radius 1 is 0.408 bits per heavy atom. The van der Waals surface area contributed by atoms with E-state index in [-0.39, 0.29) is 12.5 Å². The van der Waals surface area contributed by atoms with Crippen LogP contribution in [0.15, 0.2) is 0 Å². The van der Waals surface area contributed by atoms with E-state index in [0.717, 1.165) is 25.7 Å². The number of carbonyl (C=O) groups is 1. The molecule has 0 aromatic carbocycles. The van der Waals surface area contributed by atoms with Crippen LogP contribution in [0.25, 0.3) is 0 Å². The third-order valence-electron chi connectivity index (χ3n) is 10.9. The van der Waals surface area contributed by atoms with Crippen LogP contribution < -0.4 is 5.32 Å². The summed E-state index contributed by atoms with van der Waals surface area (Å²) in [7, 11) is 0. The molecule has 0 radical (unpaired) electrons. The number of unbranched alkanes of at least 4 members (excludes halogenated alkanes) is 35. The fourth-order valence-corrected chi connectivity index (χ4v) is 7.36. The van der Waals surface area contributed by atoms with Crippen LogP contribution in [-0.4, -0.2) is 34.9 Å². The van der Waals surface area contributed by atoms with Gasteiger partial charge in [0.1, 0.15) is 0 Å². The molecule has 294 valence electrons. The molecule has 0 fully saturated rings. The van der Waals surface area contributed by atoms with E-state index in [1.807, 2.05) is 0 Å². The standard InChI is InChI=1S/C45H91NO3/c1-3-5-7-9-11-13-15-16-17-18-19-20-21-22-23-24-25-26-27-28-29-30-31-33-35-37-39-41-45(49)46-43(42-47)44(48)40-38-36-34-32-14-12-10-8-6-4-2/h43-44,47-48H,3-42H2,1-2H3,(H,46,49). The molecule has 0 saturated heterocycles. The molecule has 4 nitrogen and oxygen atoms in total. The van der Waals surface area contributed by atoms with Crippen LogP contribution in [0.4, 0.5) is 0 Å². The molecular weight excluding hydrogens is 602 g/mol. The first kappa shape index (κ1) is 48.4. The van der Waals surface area contributed by atoms with Crippen LogP contribution in [0.5, 0.6) is 0 Å². The molecule has 0 heterocycles. The van der Waals surface area contributed by atoms with E-state index >= 15 is 0 Å². The summed E-state index contributed by atoms with van der Waals surface area (Å²) in [6.07, 6.45) is 50.6. The van der Waals surface area contributed by atoms with Crippen molar-refractivity contribution in [2.24, 2.45) is 0 Å². The number of amides is 1. The molecule has 49 heavy (non-hydrogen) atoms. The zero-order chi connectivity index (χ0) is 35.7. The summed E-state index contributed by atoms with van der Waals surface area (Å²) in [6.45, 7) is 4.37. The first-order valence-electron chi connectivity index (χ1n) is 22.7. The van der Waals surface area contributed by atoms with E-state index in [2.05, 4.69) is 19.2 Å². The molecular formula is C45H91NO3. The maximum atomic E-state index is 12.4. The van der Waals surface area contributed by atoms with Gasteiger partial charge in [0.05, 0.1) is 18.8 Å². The number of nitrogens with one attached hydrogen (secondary N) is 1. The van der Waals surface area contributed by atoms with Gasteiger partial charge in [-0.2, -0.15) is 0 Å². The smallest absolute Gasteiger partial charge is 0.220 e. The summed E-state index contributed by atoms with van der Waals surface area (Å²) >= 11 is 0. The molecule has 0 bridgehead atoms. The van der Waals surface area contributed by atoms with Gasteiger partial charge in [0.2, 0.25) is 5.91 Å². The summed E-state index contributed by atoms with van der Waals surface area (Å²) in [4.78, 5) is 12.4. The van der Waals surface area contributed by atoms with Crippen LogP contribution in [0.2, 0.25) is 0 Å². The minimum Gasteiger partial charge on any atom is -0.394 e. The molecule has 2 unspecified atom stereocenters. The van der Waals surface area contributed by atoms with E-state index in [1.165, 1.54) is 212 Å². The summed E-state index contributed by atoms with van der Waals surface area (Å²) in [5, 5.41) is 23.1. The lowest BCUT2D eigenvalue weighted by Gasteiger charge is -2.22. The molecule has 1 amide bonds. The highest BCUT2D eigenvalue weighted by Crippen LogP contribution is 2.17. The van der Waals surface area contributed by atoms with Gasteiger partial charge in [-0.15, -0.1) is 0 Å². The molecule has 0 saturated carbocycles. The predicted molar refractivity (Wildman–Crippen MR) is 216 cm³/mol. The Morgan fingerprint density at radius 2 is 0.653 bits per heavy atom. The molecule has 0 aliphatic rings. The van der Waals surface area contributed by atoms with E-state index in [0.29, 0.717) is 12.8 Å². The van der Waals surface area contributed by atoms with Gasteiger partial charge in [-0.1, -0.05) is 245 Å². The Bertz CT molecular complexity index is 626. The zero-order valence-electron chi connectivity index (χ0n) is 33.7. The van der Waals surface area contributed by atoms with Gasteiger partial charge in [0.25, 0.3) is 0 Å². The number of hydrogen-bond acceptors (Lipinski definition) is 3. The lowest BCUT2D eigenvalue weighted by molar-refractivity contribution is -0.123. The van der Waals surface area contributed by atoms with Crippen LogP contribution in [-0.2, 0) is 4.79 Å². The lowest BCUT2D eigenvalue weighted by Crippen LogP contribution is -2.45. The van der Waals surface area contributed by atoms with Gasteiger partial charge in [0.15, 0.2) is 0 Å². The number of hydrogen-bond donors (Lipinski definition) is 3. The largest absolute Gasteiger partial charge is 0.394 e. The molecule has 0 aliphatic heterocycles. The fourth-order valence-electron chi connectivity index (χ4n) is 7.36. The van der Waals surface area contributed by atoms with Crippen molar-refractivity contribution in [2.45, 2.75) is 276 Å². The maximum Gasteiger partial charge on any atom is 0.220 e. The average molecular weight is 694 g/mol. The third kappa shape index (κ3) is 38.5. The van der Waals surface area contributed by atoms with Gasteiger partial charge in [-0.25, -0.2) is 0 Å². The second-order valence-corrected chi connectivity index (χ2v) is 15.8. The molecule has 2 atom stereocenters. The summed E-state index contributed by atoms with van der Waals surface area (Å²) in [5.74, 6) is -0.0271. The Balaban J connectivity index is 3.37. The molecule has 3 N–H and O–H groups in total. The van der Waals surface area contributed by atoms with Gasteiger partial charge in [0, 0.05) is 6.42 Å². The van der Waals surface area contributed by atoms with Gasteiger partial charge in [-0.3, -0.25) is 4.79 Å². The summed E-state index contributed by atoms with van der Waals surface area (Å²) < 4.78 is 0. The first-order valence-corrected chi connectivity index (χ1v) is 22.7. The summed E-state index contributed by atoms with van der Waals surface area (Å²) in [6, 6.07) is -0.528. The van der Waals surface area contributed by atoms with Gasteiger partial charge >= 0.3 is 0 Å². The van der Waals surface area contributed by atoms with Gasteiger partial charge < -0.3 is 15.5 Å². The summed E-state index contributed by atoms with van der Waals surface area (Å²) in [5.41, 5.74) is 0. The van der Waals surface area contributed by atoms with Crippen LogP contribution in [0.1, 0.15) is 264 Å². The second kappa shape index (κ2) is 41.8. The molecule has 0 spiro atoms. The normalized spacial score (nSPS) is 12.8. The Kier molecular flexibility index (Phi) is 41.3. The predicted octanol–water partition coefficient (Wildman–Crippen LogP) is 14.1. The molecule has 0 aromatic rings. The highest BCUT2D eigenvalue weighted by Gasteiger charge is 2.20. The maximum absolute atomic E-state index is 12.4. The second-order valence-electron chi connectivity index (χ2n) is 15.8. The zero-order valence-corrected chi connectivity index (χ0v) is 33.7. The molecule has 0 aliphatic carbocycles. The molecule has 0 aromatic heterocycles. The minimum absolute atomic E-state index is 0.0271. The van der Waals surface area contributed by atoms with Crippen molar-refractivity contribution in [3.8, 4) is 0 Å². The average Bonchev–Trinajstić information content (AvgIpc) is 3.10. The Hall–Kier alpha value is -0.610. The van der Waals surface area contributed by atoms with Crippen LogP contribution >= 0.6 is 0 Å². The Morgan fingerprint density at radius 3 is 0.918 bits per heavy atom. The van der Waals surface area contributed by atoms with Crippen molar-refractivity contribution in [2.75, 3.05) is 6.61 Å². The van der Waals surface area contributed by atoms with E-state index in [9.17, 15) is 15.0 Å². The highest BCUT2D eigenvalue weighted by molar-refractivity contribution is 5.76. The van der Waals surface area contributed by atoms with Crippen molar-refractivity contribution in [1.82, 2.24) is 5.32 Å². The van der Waals surface area contributed by atoms with Gasteiger partial charge in [-0.05, 0) is 12.8 Å². The molecule has 0 rings (SSSR count). The third-order valence-corrected chi connectivity index (χ3v) is 10.9. The van der Waals surface area contributed by atoms with Crippen molar-refractivity contribution < 1.29 is 15.0 Å². The van der Waals surface area contributed by atoms with Crippen molar-refractivity contribution in [3.05, 3.63) is 0 Å². The fraction of sp³-hybridized carbons (Fsp3) is 0.978. The monoisotopic (exact) mass is 694 g/mol. The van der Waals surface area contributed by atoms with Crippen LogP contribution in [0.3, 0.4) is 0 Å². The van der Waals surface area contributed by atoms with Crippen molar-refractivity contribution in [3.63, 3.8) is 0 Å². The van der Waals surface area contributed by atoms with E-state index in [1.54, 1.807) is 0 Å². The number of carbonyl (C=O) groups excluding carboxylic acids is 1. The SMILES string of the molecule is CCCCCCCCCCCCCCCCCCCCCCCCCCCCCC(=O)NC(CO)C(O)CCCCCCCCCCCC. The highest BCUT2D eigenvalue weighted by atomic mass is 16.3. The van der Waals surface area contributed by atoms with Crippen LogP contribution in [0, 0.1) is 0 Å².